The Labute approximate surface area is 75.6 Å². The van der Waals surface area contributed by atoms with Crippen LogP contribution < -0.4 is 0 Å². The molecule has 1 aromatic rings. The fraction of sp³-hybridized carbons (Fsp3) is 0.417. The van der Waals surface area contributed by atoms with Crippen LogP contribution in [-0.2, 0) is 6.42 Å². The highest BCUT2D eigenvalue weighted by Gasteiger charge is 1.91. The van der Waals surface area contributed by atoms with Crippen LogP contribution in [0, 0.1) is 6.92 Å². The van der Waals surface area contributed by atoms with Gasteiger partial charge in [0.15, 0.2) is 0 Å². The zero-order chi connectivity index (χ0) is 8.81. The first-order valence-electron chi connectivity index (χ1n) is 4.67. The molecule has 0 amide bonds. The van der Waals surface area contributed by atoms with E-state index in [9.17, 15) is 0 Å². The van der Waals surface area contributed by atoms with Crippen LogP contribution in [0.5, 0.6) is 0 Å². The zero-order valence-electron chi connectivity index (χ0n) is 7.72. The summed E-state index contributed by atoms with van der Waals surface area (Å²) < 4.78 is 0. The second kappa shape index (κ2) is 4.97. The predicted molar refractivity (Wildman–Crippen MR) is 53.1 cm³/mol. The van der Waals surface area contributed by atoms with Crippen LogP contribution in [0.15, 0.2) is 24.3 Å². The zero-order valence-corrected chi connectivity index (χ0v) is 7.72. The summed E-state index contributed by atoms with van der Waals surface area (Å²) in [5, 5.41) is 0. The van der Waals surface area contributed by atoms with Crippen molar-refractivity contribution in [3.63, 3.8) is 0 Å². The number of hydrogen-bond acceptors (Lipinski definition) is 0. The van der Waals surface area contributed by atoms with Gasteiger partial charge in [-0.25, -0.2) is 0 Å². The first-order chi connectivity index (χ1) is 5.83. The largest absolute Gasteiger partial charge is 0.0654 e. The Bertz CT molecular complexity index is 208. The van der Waals surface area contributed by atoms with Crippen molar-refractivity contribution in [1.82, 2.24) is 0 Å². The molecule has 0 bridgehead atoms. The van der Waals surface area contributed by atoms with Crippen LogP contribution in [0.1, 0.15) is 37.3 Å². The molecule has 1 aromatic carbocycles. The molecular weight excluding hydrogens is 144 g/mol. The van der Waals surface area contributed by atoms with Crippen LogP contribution in [0.2, 0.25) is 0 Å². The highest BCUT2D eigenvalue weighted by Crippen LogP contribution is 2.07. The third-order valence-corrected chi connectivity index (χ3v) is 2.05. The molecule has 0 N–H and O–H groups in total. The topological polar surface area (TPSA) is 0 Å². The summed E-state index contributed by atoms with van der Waals surface area (Å²) in [6.45, 7) is 7.81. The van der Waals surface area contributed by atoms with Crippen molar-refractivity contribution >= 4 is 0 Å². The van der Waals surface area contributed by atoms with Gasteiger partial charge in [0.05, 0.1) is 0 Å². The third-order valence-electron chi connectivity index (χ3n) is 2.05. The molecule has 0 saturated carbocycles. The average Bonchev–Trinajstić information content (AvgIpc) is 2.09. The molecule has 0 aliphatic carbocycles. The molecule has 0 aromatic heterocycles. The maximum absolute atomic E-state index is 5.58. The monoisotopic (exact) mass is 160 g/mol. The Morgan fingerprint density at radius 1 is 1.08 bits per heavy atom. The fourth-order valence-electron chi connectivity index (χ4n) is 1.26. The predicted octanol–water partition coefficient (Wildman–Crippen LogP) is 3.48. The van der Waals surface area contributed by atoms with Crippen molar-refractivity contribution in [3.8, 4) is 0 Å². The molecule has 0 spiro atoms. The summed E-state index contributed by atoms with van der Waals surface area (Å²) in [5.74, 6) is 0. The molecule has 2 radical (unpaired) electrons. The number of hydrogen-bond donors (Lipinski definition) is 0. The smallest absolute Gasteiger partial charge is 0.00120 e. The first-order valence-corrected chi connectivity index (χ1v) is 4.67. The van der Waals surface area contributed by atoms with E-state index in [0.29, 0.717) is 0 Å². The summed E-state index contributed by atoms with van der Waals surface area (Å²) in [5.41, 5.74) is 2.26. The molecule has 0 aliphatic heterocycles. The lowest BCUT2D eigenvalue weighted by molar-refractivity contribution is 0.717. The highest BCUT2D eigenvalue weighted by atomic mass is 14.0. The molecule has 0 atom stereocenters. The molecule has 0 heteroatoms. The summed E-state index contributed by atoms with van der Waals surface area (Å²) in [7, 11) is 0. The van der Waals surface area contributed by atoms with E-state index in [4.69, 9.17) is 6.92 Å². The Morgan fingerprint density at radius 2 is 1.75 bits per heavy atom. The summed E-state index contributed by atoms with van der Waals surface area (Å²) in [4.78, 5) is 0. The molecule has 0 aliphatic rings. The molecule has 0 heterocycles. The Kier molecular flexibility index (Phi) is 3.86. The van der Waals surface area contributed by atoms with E-state index in [1.807, 2.05) is 12.1 Å². The molecule has 64 valence electrons. The summed E-state index contributed by atoms with van der Waals surface area (Å²) in [6, 6.07) is 8.18. The summed E-state index contributed by atoms with van der Waals surface area (Å²) >= 11 is 0. The lowest BCUT2D eigenvalue weighted by Crippen LogP contribution is -1.84. The normalized spacial score (nSPS) is 10.2. The van der Waals surface area contributed by atoms with Crippen molar-refractivity contribution < 1.29 is 0 Å². The lowest BCUT2D eigenvalue weighted by Gasteiger charge is -2.00. The van der Waals surface area contributed by atoms with Gasteiger partial charge in [0.25, 0.3) is 0 Å². The van der Waals surface area contributed by atoms with Crippen LogP contribution in [0.3, 0.4) is 0 Å². The van der Waals surface area contributed by atoms with Crippen LogP contribution in [0.25, 0.3) is 0 Å². The summed E-state index contributed by atoms with van der Waals surface area (Å²) in [6.07, 6.45) is 5.09. The molecule has 0 fully saturated rings. The van der Waals surface area contributed by atoms with E-state index in [2.05, 4.69) is 19.1 Å². The minimum atomic E-state index is 0.856. The fourth-order valence-corrected chi connectivity index (χ4v) is 1.26. The third kappa shape index (κ3) is 3.08. The standard InChI is InChI=1S/C12H16/c1-3-4-5-6-12-9-7-11(2)8-10-12/h2,7-10H,3-6H2,1H3. The van der Waals surface area contributed by atoms with Gasteiger partial charge in [-0.2, -0.15) is 0 Å². The van der Waals surface area contributed by atoms with Gasteiger partial charge in [-0.3, -0.25) is 0 Å². The maximum Gasteiger partial charge on any atom is -0.00120 e. The van der Waals surface area contributed by atoms with Crippen molar-refractivity contribution in [3.05, 3.63) is 42.3 Å². The minimum absolute atomic E-state index is 0.856. The maximum atomic E-state index is 5.58. The van der Waals surface area contributed by atoms with Crippen LogP contribution >= 0.6 is 0 Å². The van der Waals surface area contributed by atoms with Gasteiger partial charge in [0, 0.05) is 0 Å². The van der Waals surface area contributed by atoms with Crippen molar-refractivity contribution in [2.45, 2.75) is 32.6 Å². The first kappa shape index (κ1) is 9.31. The van der Waals surface area contributed by atoms with Gasteiger partial charge in [-0.1, -0.05) is 44.0 Å². The number of benzene rings is 1. The van der Waals surface area contributed by atoms with Gasteiger partial charge in [-0.05, 0) is 30.9 Å². The van der Waals surface area contributed by atoms with E-state index in [1.54, 1.807) is 0 Å². The van der Waals surface area contributed by atoms with Crippen LogP contribution in [0.4, 0.5) is 0 Å². The average molecular weight is 160 g/mol. The van der Waals surface area contributed by atoms with E-state index in [1.165, 1.54) is 31.2 Å². The molecule has 0 nitrogen and oxygen atoms in total. The molecule has 12 heavy (non-hydrogen) atoms. The van der Waals surface area contributed by atoms with Crippen LogP contribution in [-0.4, -0.2) is 0 Å². The van der Waals surface area contributed by atoms with E-state index in [-0.39, 0.29) is 0 Å². The Hall–Kier alpha value is -0.780. The van der Waals surface area contributed by atoms with E-state index >= 15 is 0 Å². The van der Waals surface area contributed by atoms with Crippen molar-refractivity contribution in [1.29, 1.82) is 0 Å². The van der Waals surface area contributed by atoms with Gasteiger partial charge in [0.1, 0.15) is 0 Å². The quantitative estimate of drug-likeness (QED) is 0.591. The highest BCUT2D eigenvalue weighted by molar-refractivity contribution is 5.24. The van der Waals surface area contributed by atoms with Crippen molar-refractivity contribution in [2.24, 2.45) is 0 Å². The SMILES string of the molecule is [CH]c1ccc(CCCCC)cc1. The second-order valence-corrected chi connectivity index (χ2v) is 3.20. The number of rotatable bonds is 4. The van der Waals surface area contributed by atoms with Gasteiger partial charge >= 0.3 is 0 Å². The molecule has 1 rings (SSSR count). The Balaban J connectivity index is 2.37. The molecular formula is C12H16. The Morgan fingerprint density at radius 3 is 2.33 bits per heavy atom. The number of aryl methyl sites for hydroxylation is 1. The van der Waals surface area contributed by atoms with Gasteiger partial charge in [0.2, 0.25) is 0 Å². The van der Waals surface area contributed by atoms with E-state index < -0.39 is 0 Å². The lowest BCUT2D eigenvalue weighted by atomic mass is 10.1. The second-order valence-electron chi connectivity index (χ2n) is 3.20. The van der Waals surface area contributed by atoms with Crippen molar-refractivity contribution in [2.75, 3.05) is 0 Å². The molecule has 0 saturated heterocycles. The number of unbranched alkanes of at least 4 members (excludes halogenated alkanes) is 2. The van der Waals surface area contributed by atoms with Gasteiger partial charge < -0.3 is 0 Å². The van der Waals surface area contributed by atoms with Gasteiger partial charge in [-0.15, -0.1) is 0 Å². The molecule has 0 unspecified atom stereocenters. The van der Waals surface area contributed by atoms with E-state index in [0.717, 1.165) is 5.56 Å². The minimum Gasteiger partial charge on any atom is -0.0654 e.